The van der Waals surface area contributed by atoms with Crippen LogP contribution in [0.25, 0.3) is 16.2 Å². The summed E-state index contributed by atoms with van der Waals surface area (Å²) in [5.41, 5.74) is 2.05. The molecule has 2 heterocycles. The number of carbonyl (C=O) groups is 1. The summed E-state index contributed by atoms with van der Waals surface area (Å²) in [4.78, 5) is 17.7. The highest BCUT2D eigenvalue weighted by atomic mass is 32.1. The van der Waals surface area contributed by atoms with Crippen molar-refractivity contribution in [2.24, 2.45) is 0 Å². The monoisotopic (exact) mass is 429 g/mol. The molecular formula is C21H17F2N3O3S. The summed E-state index contributed by atoms with van der Waals surface area (Å²) in [5.74, 6) is -0.636. The van der Waals surface area contributed by atoms with Gasteiger partial charge in [-0.15, -0.1) is 11.3 Å². The Kier molecular flexibility index (Phi) is 5.37. The summed E-state index contributed by atoms with van der Waals surface area (Å²) < 4.78 is 39.3. The molecule has 0 saturated carbocycles. The summed E-state index contributed by atoms with van der Waals surface area (Å²) in [6.07, 6.45) is 1.81. The Bertz CT molecular complexity index is 1240. The lowest BCUT2D eigenvalue weighted by atomic mass is 10.1. The molecule has 0 saturated heterocycles. The van der Waals surface area contributed by atoms with E-state index in [9.17, 15) is 13.6 Å². The number of thiazole rings is 1. The second kappa shape index (κ2) is 8.11. The van der Waals surface area contributed by atoms with Gasteiger partial charge >= 0.3 is 0 Å². The summed E-state index contributed by atoms with van der Waals surface area (Å²) >= 11 is 1.38. The van der Waals surface area contributed by atoms with Crippen molar-refractivity contribution in [1.29, 1.82) is 0 Å². The molecule has 0 radical (unpaired) electrons. The van der Waals surface area contributed by atoms with Gasteiger partial charge in [0.05, 0.1) is 32.0 Å². The quantitative estimate of drug-likeness (QED) is 0.489. The molecule has 0 bridgehead atoms. The first-order valence-corrected chi connectivity index (χ1v) is 9.79. The van der Waals surface area contributed by atoms with Crippen LogP contribution in [0.5, 0.6) is 11.5 Å². The van der Waals surface area contributed by atoms with Crippen molar-refractivity contribution in [1.82, 2.24) is 9.38 Å². The lowest BCUT2D eigenvalue weighted by Gasteiger charge is -2.08. The lowest BCUT2D eigenvalue weighted by Crippen LogP contribution is -2.16. The van der Waals surface area contributed by atoms with E-state index < -0.39 is 17.5 Å². The number of rotatable bonds is 6. The van der Waals surface area contributed by atoms with Crippen LogP contribution in [-0.4, -0.2) is 29.5 Å². The Balaban J connectivity index is 1.60. The standard InChI is InChI=1S/C21H17F2N3O3S/c1-28-14-4-6-19(29-2)15(9-14)18-10-26-13(11-30-21(26)25-18)8-20(27)24-17-5-3-12(22)7-16(17)23/h3-7,9-11H,8H2,1-2H3,(H,24,27). The number of hydrogen-bond donors (Lipinski definition) is 1. The fourth-order valence-corrected chi connectivity index (χ4v) is 3.92. The Morgan fingerprint density at radius 2 is 2.00 bits per heavy atom. The van der Waals surface area contributed by atoms with Crippen LogP contribution >= 0.6 is 11.3 Å². The fourth-order valence-electron chi connectivity index (χ4n) is 3.05. The Morgan fingerprint density at radius 3 is 2.73 bits per heavy atom. The Labute approximate surface area is 174 Å². The largest absolute Gasteiger partial charge is 0.497 e. The highest BCUT2D eigenvalue weighted by molar-refractivity contribution is 7.15. The van der Waals surface area contributed by atoms with Crippen molar-refractivity contribution < 1.29 is 23.0 Å². The molecule has 2 aromatic carbocycles. The number of nitrogens with zero attached hydrogens (tertiary/aromatic N) is 2. The maximum atomic E-state index is 13.8. The van der Waals surface area contributed by atoms with Crippen LogP contribution in [0.4, 0.5) is 14.5 Å². The average Bonchev–Trinajstić information content (AvgIpc) is 3.31. The van der Waals surface area contributed by atoms with E-state index in [0.717, 1.165) is 17.7 Å². The molecule has 0 aliphatic heterocycles. The van der Waals surface area contributed by atoms with Gasteiger partial charge in [-0.3, -0.25) is 9.20 Å². The minimum absolute atomic E-state index is 0.00185. The lowest BCUT2D eigenvalue weighted by molar-refractivity contribution is -0.115. The van der Waals surface area contributed by atoms with Gasteiger partial charge in [-0.1, -0.05) is 0 Å². The van der Waals surface area contributed by atoms with E-state index in [0.29, 0.717) is 27.8 Å². The number of imidazole rings is 1. The molecule has 4 rings (SSSR count). The van der Waals surface area contributed by atoms with Crippen LogP contribution in [0.3, 0.4) is 0 Å². The normalized spacial score (nSPS) is 10.9. The van der Waals surface area contributed by atoms with E-state index in [1.54, 1.807) is 30.8 Å². The third-order valence-electron chi connectivity index (χ3n) is 4.51. The molecule has 0 atom stereocenters. The SMILES string of the molecule is COc1ccc(OC)c(-c2cn3c(CC(=O)Nc4ccc(F)cc4F)csc3n2)c1. The van der Waals surface area contributed by atoms with Crippen LogP contribution in [0, 0.1) is 11.6 Å². The first kappa shape index (κ1) is 19.8. The smallest absolute Gasteiger partial charge is 0.230 e. The molecule has 154 valence electrons. The molecule has 1 N–H and O–H groups in total. The average molecular weight is 429 g/mol. The number of aromatic nitrogens is 2. The van der Waals surface area contributed by atoms with Crippen LogP contribution in [0.2, 0.25) is 0 Å². The number of carbonyl (C=O) groups excluding carboxylic acids is 1. The van der Waals surface area contributed by atoms with Crippen molar-refractivity contribution >= 4 is 27.9 Å². The Morgan fingerprint density at radius 1 is 1.17 bits per heavy atom. The number of ether oxygens (including phenoxy) is 2. The van der Waals surface area contributed by atoms with Gasteiger partial charge in [-0.05, 0) is 30.3 Å². The molecule has 4 aromatic rings. The molecule has 2 aromatic heterocycles. The number of methoxy groups -OCH3 is 2. The molecule has 0 spiro atoms. The van der Waals surface area contributed by atoms with Crippen LogP contribution in [-0.2, 0) is 11.2 Å². The Hall–Kier alpha value is -3.46. The second-order valence-electron chi connectivity index (χ2n) is 6.42. The van der Waals surface area contributed by atoms with Crippen molar-refractivity contribution in [3.05, 3.63) is 65.3 Å². The van der Waals surface area contributed by atoms with Crippen molar-refractivity contribution in [3.63, 3.8) is 0 Å². The highest BCUT2D eigenvalue weighted by Gasteiger charge is 2.16. The number of amides is 1. The van der Waals surface area contributed by atoms with E-state index in [4.69, 9.17) is 9.47 Å². The zero-order chi connectivity index (χ0) is 21.3. The zero-order valence-corrected chi connectivity index (χ0v) is 16.9. The van der Waals surface area contributed by atoms with Gasteiger partial charge in [-0.25, -0.2) is 13.8 Å². The number of halogens is 2. The van der Waals surface area contributed by atoms with Gasteiger partial charge < -0.3 is 14.8 Å². The molecule has 0 fully saturated rings. The van der Waals surface area contributed by atoms with Gasteiger partial charge in [0.25, 0.3) is 0 Å². The number of hydrogen-bond acceptors (Lipinski definition) is 5. The fraction of sp³-hybridized carbons (Fsp3) is 0.143. The summed E-state index contributed by atoms with van der Waals surface area (Å²) in [7, 11) is 3.16. The van der Waals surface area contributed by atoms with E-state index in [-0.39, 0.29) is 12.1 Å². The summed E-state index contributed by atoms with van der Waals surface area (Å²) in [6, 6.07) is 8.43. The first-order chi connectivity index (χ1) is 14.5. The molecule has 1 amide bonds. The second-order valence-corrected chi connectivity index (χ2v) is 7.26. The van der Waals surface area contributed by atoms with Crippen molar-refractivity contribution in [2.45, 2.75) is 6.42 Å². The van der Waals surface area contributed by atoms with Gasteiger partial charge in [0, 0.05) is 28.9 Å². The third-order valence-corrected chi connectivity index (χ3v) is 5.40. The number of nitrogens with one attached hydrogen (secondary N) is 1. The van der Waals surface area contributed by atoms with E-state index in [1.165, 1.54) is 17.4 Å². The number of anilines is 1. The molecule has 0 aliphatic carbocycles. The van der Waals surface area contributed by atoms with E-state index >= 15 is 0 Å². The van der Waals surface area contributed by atoms with Crippen LogP contribution in [0.15, 0.2) is 48.0 Å². The third kappa shape index (κ3) is 3.84. The van der Waals surface area contributed by atoms with Crippen LogP contribution in [0.1, 0.15) is 5.69 Å². The van der Waals surface area contributed by atoms with Gasteiger partial charge in [0.2, 0.25) is 5.91 Å². The highest BCUT2D eigenvalue weighted by Crippen LogP contribution is 2.34. The van der Waals surface area contributed by atoms with Gasteiger partial charge in [-0.2, -0.15) is 0 Å². The maximum Gasteiger partial charge on any atom is 0.230 e. The van der Waals surface area contributed by atoms with Crippen LogP contribution < -0.4 is 14.8 Å². The minimum Gasteiger partial charge on any atom is -0.497 e. The minimum atomic E-state index is -0.825. The van der Waals surface area contributed by atoms with E-state index in [1.807, 2.05) is 17.6 Å². The molecule has 9 heteroatoms. The van der Waals surface area contributed by atoms with Crippen molar-refractivity contribution in [3.8, 4) is 22.8 Å². The maximum absolute atomic E-state index is 13.8. The molecule has 30 heavy (non-hydrogen) atoms. The molecule has 0 aliphatic rings. The topological polar surface area (TPSA) is 64.9 Å². The summed E-state index contributed by atoms with van der Waals surface area (Å²) in [5, 5.41) is 4.28. The molecular weight excluding hydrogens is 412 g/mol. The molecule has 0 unspecified atom stereocenters. The summed E-state index contributed by atoms with van der Waals surface area (Å²) in [6.45, 7) is 0. The van der Waals surface area contributed by atoms with Crippen molar-refractivity contribution in [2.75, 3.05) is 19.5 Å². The first-order valence-electron chi connectivity index (χ1n) is 8.91. The number of benzene rings is 2. The van der Waals surface area contributed by atoms with E-state index in [2.05, 4.69) is 10.3 Å². The zero-order valence-electron chi connectivity index (χ0n) is 16.1. The molecule has 6 nitrogen and oxygen atoms in total. The number of fused-ring (bicyclic) bond motifs is 1. The van der Waals surface area contributed by atoms with Gasteiger partial charge in [0.15, 0.2) is 4.96 Å². The predicted molar refractivity (Wildman–Crippen MR) is 110 cm³/mol. The van der Waals surface area contributed by atoms with Gasteiger partial charge in [0.1, 0.15) is 23.1 Å². The predicted octanol–water partition coefficient (Wildman–Crippen LogP) is 4.54.